The lowest BCUT2D eigenvalue weighted by Gasteiger charge is -2.33. The molecule has 1 aliphatic carbocycles. The molecule has 1 heterocycles. The van der Waals surface area contributed by atoms with Crippen molar-refractivity contribution in [1.82, 2.24) is 4.98 Å². The summed E-state index contributed by atoms with van der Waals surface area (Å²) in [6.07, 6.45) is 8.30. The van der Waals surface area contributed by atoms with Crippen LogP contribution in [0.2, 0.25) is 0 Å². The fourth-order valence-corrected chi connectivity index (χ4v) is 3.28. The maximum Gasteiger partial charge on any atom is 0.0794 e. The highest BCUT2D eigenvalue weighted by molar-refractivity contribution is 7.09. The lowest BCUT2D eigenvalue weighted by Crippen LogP contribution is -2.37. The third-order valence-corrected chi connectivity index (χ3v) is 4.48. The smallest absolute Gasteiger partial charge is 0.0794 e. The minimum Gasteiger partial charge on any atom is -0.327 e. The zero-order chi connectivity index (χ0) is 10.7. The van der Waals surface area contributed by atoms with E-state index in [2.05, 4.69) is 11.9 Å². The van der Waals surface area contributed by atoms with Crippen LogP contribution in [-0.4, -0.2) is 11.0 Å². The molecule has 0 radical (unpaired) electrons. The molecule has 2 N–H and O–H groups in total. The largest absolute Gasteiger partial charge is 0.327 e. The number of nitrogens with two attached hydrogens (primary N) is 1. The van der Waals surface area contributed by atoms with Crippen molar-refractivity contribution in [2.75, 3.05) is 0 Å². The van der Waals surface area contributed by atoms with Gasteiger partial charge in [0.15, 0.2) is 0 Å². The van der Waals surface area contributed by atoms with Gasteiger partial charge < -0.3 is 5.73 Å². The fraction of sp³-hybridized carbons (Fsp3) is 0.750. The van der Waals surface area contributed by atoms with Crippen molar-refractivity contribution in [3.05, 3.63) is 16.6 Å². The summed E-state index contributed by atoms with van der Waals surface area (Å²) in [4.78, 5) is 5.53. The van der Waals surface area contributed by atoms with Gasteiger partial charge in [-0.15, -0.1) is 11.3 Å². The van der Waals surface area contributed by atoms with Crippen molar-refractivity contribution < 1.29 is 0 Å². The van der Waals surface area contributed by atoms with Crippen molar-refractivity contribution in [3.8, 4) is 0 Å². The van der Waals surface area contributed by atoms with Crippen LogP contribution in [0.4, 0.5) is 0 Å². The molecule has 0 saturated heterocycles. The maximum atomic E-state index is 6.20. The number of hydrogen-bond donors (Lipinski definition) is 1. The van der Waals surface area contributed by atoms with Crippen molar-refractivity contribution in [2.45, 2.75) is 45.1 Å². The molecule has 0 bridgehead atoms. The molecule has 1 aliphatic rings. The molecule has 2 rings (SSSR count). The highest BCUT2D eigenvalue weighted by Crippen LogP contribution is 2.32. The Kier molecular flexibility index (Phi) is 3.76. The number of aromatic nitrogens is 1. The number of hydrogen-bond acceptors (Lipinski definition) is 3. The van der Waals surface area contributed by atoms with E-state index in [9.17, 15) is 0 Å². The summed E-state index contributed by atoms with van der Waals surface area (Å²) >= 11 is 1.76. The van der Waals surface area contributed by atoms with E-state index in [-0.39, 0.29) is 0 Å². The Bertz CT molecular complexity index is 284. The molecule has 1 aromatic rings. The van der Waals surface area contributed by atoms with Crippen LogP contribution in [0.1, 0.15) is 37.5 Å². The highest BCUT2D eigenvalue weighted by Gasteiger charge is 2.27. The maximum absolute atomic E-state index is 6.20. The average molecular weight is 224 g/mol. The van der Waals surface area contributed by atoms with Crippen LogP contribution in [-0.2, 0) is 6.42 Å². The Balaban J connectivity index is 1.94. The summed E-state index contributed by atoms with van der Waals surface area (Å²) < 4.78 is 0. The van der Waals surface area contributed by atoms with Gasteiger partial charge in [-0.2, -0.15) is 0 Å². The average Bonchev–Trinajstić information content (AvgIpc) is 2.74. The summed E-state index contributed by atoms with van der Waals surface area (Å²) in [7, 11) is 0. The van der Waals surface area contributed by atoms with Gasteiger partial charge in [0.2, 0.25) is 0 Å². The molecule has 0 amide bonds. The first kappa shape index (κ1) is 11.1. The van der Waals surface area contributed by atoms with Gasteiger partial charge in [0.25, 0.3) is 0 Å². The standard InChI is InChI=1S/C12H20N2S/c1-2-9-3-4-12(13)10(5-9)6-11-7-14-8-15-11/h7-10,12H,2-6,13H2,1H3. The third-order valence-electron chi connectivity index (χ3n) is 3.67. The van der Waals surface area contributed by atoms with Gasteiger partial charge in [0.05, 0.1) is 5.51 Å². The molecule has 3 unspecified atom stereocenters. The second-order valence-electron chi connectivity index (χ2n) is 4.68. The number of nitrogens with zero attached hydrogens (tertiary/aromatic N) is 1. The fourth-order valence-electron chi connectivity index (χ4n) is 2.59. The van der Waals surface area contributed by atoms with Gasteiger partial charge in [0.1, 0.15) is 0 Å². The summed E-state index contributed by atoms with van der Waals surface area (Å²) in [5.41, 5.74) is 8.11. The van der Waals surface area contributed by atoms with E-state index >= 15 is 0 Å². The van der Waals surface area contributed by atoms with Crippen LogP contribution in [0.3, 0.4) is 0 Å². The van der Waals surface area contributed by atoms with E-state index in [1.807, 2.05) is 11.7 Å². The Morgan fingerprint density at radius 3 is 3.07 bits per heavy atom. The quantitative estimate of drug-likeness (QED) is 0.857. The van der Waals surface area contributed by atoms with Crippen molar-refractivity contribution >= 4 is 11.3 Å². The third kappa shape index (κ3) is 2.79. The van der Waals surface area contributed by atoms with Gasteiger partial charge in [-0.25, -0.2) is 0 Å². The molecule has 1 aromatic heterocycles. The molecule has 0 aromatic carbocycles. The molecular formula is C12H20N2S. The summed E-state index contributed by atoms with van der Waals surface area (Å²) in [6, 6.07) is 0.412. The normalized spacial score (nSPS) is 31.7. The molecule has 0 spiro atoms. The molecule has 84 valence electrons. The molecular weight excluding hydrogens is 204 g/mol. The second-order valence-corrected chi connectivity index (χ2v) is 5.65. The van der Waals surface area contributed by atoms with Crippen molar-refractivity contribution in [1.29, 1.82) is 0 Å². The lowest BCUT2D eigenvalue weighted by atomic mass is 9.76. The van der Waals surface area contributed by atoms with Crippen molar-refractivity contribution in [2.24, 2.45) is 17.6 Å². The van der Waals surface area contributed by atoms with Crippen LogP contribution in [0.5, 0.6) is 0 Å². The first-order valence-corrected chi connectivity index (χ1v) is 6.80. The Morgan fingerprint density at radius 1 is 1.53 bits per heavy atom. The number of rotatable bonds is 3. The SMILES string of the molecule is CCC1CCC(N)C(Cc2cncs2)C1. The zero-order valence-corrected chi connectivity index (χ0v) is 10.2. The summed E-state index contributed by atoms with van der Waals surface area (Å²) in [6.45, 7) is 2.30. The van der Waals surface area contributed by atoms with Crippen LogP contribution in [0.25, 0.3) is 0 Å². The molecule has 1 fully saturated rings. The van der Waals surface area contributed by atoms with Gasteiger partial charge in [-0.05, 0) is 37.5 Å². The van der Waals surface area contributed by atoms with Gasteiger partial charge in [-0.3, -0.25) is 4.98 Å². The van der Waals surface area contributed by atoms with Gasteiger partial charge >= 0.3 is 0 Å². The first-order valence-electron chi connectivity index (χ1n) is 5.92. The van der Waals surface area contributed by atoms with Crippen LogP contribution in [0, 0.1) is 11.8 Å². The zero-order valence-electron chi connectivity index (χ0n) is 9.36. The van der Waals surface area contributed by atoms with E-state index < -0.39 is 0 Å². The van der Waals surface area contributed by atoms with E-state index in [4.69, 9.17) is 5.73 Å². The molecule has 15 heavy (non-hydrogen) atoms. The van der Waals surface area contributed by atoms with E-state index in [1.165, 1.54) is 30.6 Å². The summed E-state index contributed by atoms with van der Waals surface area (Å²) in [5, 5.41) is 0. The number of thiazole rings is 1. The molecule has 3 heteroatoms. The van der Waals surface area contributed by atoms with Gasteiger partial charge in [0, 0.05) is 17.1 Å². The molecule has 3 atom stereocenters. The molecule has 1 saturated carbocycles. The summed E-state index contributed by atoms with van der Waals surface area (Å²) in [5.74, 6) is 1.59. The minimum absolute atomic E-state index is 0.412. The monoisotopic (exact) mass is 224 g/mol. The van der Waals surface area contributed by atoms with Crippen LogP contribution in [0.15, 0.2) is 11.7 Å². The molecule has 2 nitrogen and oxygen atoms in total. The Hall–Kier alpha value is -0.410. The first-order chi connectivity index (χ1) is 7.29. The van der Waals surface area contributed by atoms with Crippen molar-refractivity contribution in [3.63, 3.8) is 0 Å². The minimum atomic E-state index is 0.412. The van der Waals surface area contributed by atoms with Gasteiger partial charge in [-0.1, -0.05) is 13.3 Å². The second kappa shape index (κ2) is 5.08. The Labute approximate surface area is 95.9 Å². The predicted molar refractivity (Wildman–Crippen MR) is 64.9 cm³/mol. The van der Waals surface area contributed by atoms with E-state index in [0.29, 0.717) is 12.0 Å². The Morgan fingerprint density at radius 2 is 2.40 bits per heavy atom. The lowest BCUT2D eigenvalue weighted by molar-refractivity contribution is 0.228. The topological polar surface area (TPSA) is 38.9 Å². The van der Waals surface area contributed by atoms with Crippen LogP contribution >= 0.6 is 11.3 Å². The highest BCUT2D eigenvalue weighted by atomic mass is 32.1. The van der Waals surface area contributed by atoms with Crippen LogP contribution < -0.4 is 5.73 Å². The molecule has 0 aliphatic heterocycles. The van der Waals surface area contributed by atoms with E-state index in [0.717, 1.165) is 12.3 Å². The predicted octanol–water partition coefficient (Wildman–Crippen LogP) is 2.84. The van der Waals surface area contributed by atoms with E-state index in [1.54, 1.807) is 11.3 Å².